The van der Waals surface area contributed by atoms with E-state index < -0.39 is 0 Å². The fourth-order valence-electron chi connectivity index (χ4n) is 8.49. The van der Waals surface area contributed by atoms with Crippen LogP contribution >= 0.6 is 0 Å². The number of carbonyl (C=O) groups excluding carboxylic acids is 5. The molecular formula is C71H96O12. The maximum atomic E-state index is 11.2. The van der Waals surface area contributed by atoms with Gasteiger partial charge in [0.1, 0.15) is 17.2 Å². The Kier molecular flexibility index (Phi) is 37.7. The smallest absolute Gasteiger partial charge is 0.160 e. The highest BCUT2D eigenvalue weighted by Crippen LogP contribution is 2.25. The van der Waals surface area contributed by atoms with Crippen molar-refractivity contribution in [3.63, 3.8) is 0 Å². The summed E-state index contributed by atoms with van der Waals surface area (Å²) in [6.45, 7) is 13.7. The number of fused-ring (bicyclic) bond motifs is 1. The van der Waals surface area contributed by atoms with Crippen molar-refractivity contribution in [2.75, 3.05) is 48.8 Å². The highest BCUT2D eigenvalue weighted by molar-refractivity contribution is 6.02. The number of unbranched alkanes of at least 4 members (excludes halogenated alkanes) is 10. The van der Waals surface area contributed by atoms with Crippen LogP contribution in [0.25, 0.3) is 10.8 Å². The van der Waals surface area contributed by atoms with Crippen LogP contribution in [0.15, 0.2) is 133 Å². The lowest BCUT2D eigenvalue weighted by Gasteiger charge is -2.26. The number of rotatable bonds is 26. The summed E-state index contributed by atoms with van der Waals surface area (Å²) in [5.74, 6) is 4.38. The van der Waals surface area contributed by atoms with Crippen molar-refractivity contribution in [1.82, 2.24) is 0 Å². The molecule has 12 heteroatoms. The quantitative estimate of drug-likeness (QED) is 0.0376. The zero-order chi connectivity index (χ0) is 61.2. The molecule has 452 valence electrons. The molecule has 0 heterocycles. The van der Waals surface area contributed by atoms with E-state index in [2.05, 4.69) is 13.8 Å². The Bertz CT molecular complexity index is 2650. The van der Waals surface area contributed by atoms with Crippen LogP contribution in [-0.4, -0.2) is 89.9 Å². The van der Waals surface area contributed by atoms with E-state index in [4.69, 9.17) is 33.2 Å². The van der Waals surface area contributed by atoms with Gasteiger partial charge >= 0.3 is 0 Å². The zero-order valence-corrected chi connectivity index (χ0v) is 52.0. The summed E-state index contributed by atoms with van der Waals surface area (Å²) >= 11 is 0. The first-order chi connectivity index (χ1) is 40.0. The molecule has 1 aliphatic rings. The summed E-state index contributed by atoms with van der Waals surface area (Å²) in [6, 6.07) is 40.3. The molecule has 83 heavy (non-hydrogen) atoms. The lowest BCUT2D eigenvalue weighted by molar-refractivity contribution is 0.00454. The molecule has 7 rings (SSSR count). The minimum atomic E-state index is 0.0533. The summed E-state index contributed by atoms with van der Waals surface area (Å²) in [6.07, 6.45) is 21.2. The molecule has 6 aromatic rings. The summed E-state index contributed by atoms with van der Waals surface area (Å²) in [7, 11) is 8.42. The zero-order valence-electron chi connectivity index (χ0n) is 52.0. The Morgan fingerprint density at radius 3 is 0.952 bits per heavy atom. The average molecular weight is 1140 g/mol. The van der Waals surface area contributed by atoms with Gasteiger partial charge in [0.2, 0.25) is 0 Å². The Balaban J connectivity index is 0.000000348. The third-order valence-corrected chi connectivity index (χ3v) is 13.8. The van der Waals surface area contributed by atoms with Gasteiger partial charge in [-0.05, 0) is 181 Å². The summed E-state index contributed by atoms with van der Waals surface area (Å²) in [5, 5.41) is 1.97. The third kappa shape index (κ3) is 30.6. The van der Waals surface area contributed by atoms with Crippen molar-refractivity contribution in [2.45, 2.75) is 163 Å². The van der Waals surface area contributed by atoms with Gasteiger partial charge in [0.25, 0.3) is 0 Å². The second-order valence-electron chi connectivity index (χ2n) is 20.3. The molecule has 0 aliphatic heterocycles. The highest BCUT2D eigenvalue weighted by atomic mass is 16.5. The lowest BCUT2D eigenvalue weighted by Crippen LogP contribution is -2.24. The molecule has 1 fully saturated rings. The van der Waals surface area contributed by atoms with E-state index >= 15 is 0 Å². The molecule has 6 aromatic carbocycles. The third-order valence-electron chi connectivity index (χ3n) is 13.8. The maximum absolute atomic E-state index is 11.2. The Morgan fingerprint density at radius 1 is 0.349 bits per heavy atom. The number of hydrogen-bond acceptors (Lipinski definition) is 12. The standard InChI is InChI=1S/C20H32O2.C14H12O2.C12H16O2.C9H10O2.C8H16O2.C8H10O2/c1-3-4-5-6-7-8-9-10-11-12-17-22-20-15-13-19(14-16-20)18(2)21;1-9(15)11-3-5-14-8-12(10(2)16)4-6-13(14)7-11;1-3-4-9-14-12-7-5-11(6-8-12)10(2)13;1-7(10)8-3-5-9(11-2)6-4-8;1-9-7-3-5-8(10-2)6-4-7;1-9-7-5-3-4-6-8(7)10-2/h13-16H,3-12,17H2,1-2H3;3-8H,1-2H3;5-8H,3-4,9H2,1-2H3;3-6H,1-2H3;7-8H,3-6H2,1-2H3;3-6H,1-2H3. The topological polar surface area (TPSA) is 150 Å². The van der Waals surface area contributed by atoms with Crippen molar-refractivity contribution >= 4 is 39.7 Å². The molecule has 0 N–H and O–H groups in total. The molecule has 0 amide bonds. The largest absolute Gasteiger partial charge is 0.497 e. The molecular weight excluding hydrogens is 1040 g/mol. The van der Waals surface area contributed by atoms with Crippen molar-refractivity contribution < 1.29 is 57.1 Å². The van der Waals surface area contributed by atoms with Crippen LogP contribution in [0.2, 0.25) is 0 Å². The van der Waals surface area contributed by atoms with Gasteiger partial charge in [-0.15, -0.1) is 0 Å². The first kappa shape index (κ1) is 72.0. The van der Waals surface area contributed by atoms with Crippen molar-refractivity contribution in [1.29, 1.82) is 0 Å². The van der Waals surface area contributed by atoms with E-state index in [-0.39, 0.29) is 28.9 Å². The Hall–Kier alpha value is -7.15. The van der Waals surface area contributed by atoms with Gasteiger partial charge in [0, 0.05) is 42.0 Å². The number of ketones is 5. The van der Waals surface area contributed by atoms with Gasteiger partial charge in [0.05, 0.1) is 46.8 Å². The van der Waals surface area contributed by atoms with Crippen molar-refractivity contribution in [2.24, 2.45) is 0 Å². The van der Waals surface area contributed by atoms with Crippen LogP contribution in [0, 0.1) is 0 Å². The molecule has 0 radical (unpaired) electrons. The van der Waals surface area contributed by atoms with E-state index in [9.17, 15) is 24.0 Å². The number of hydrogen-bond donors (Lipinski definition) is 0. The number of methoxy groups -OCH3 is 5. The number of Topliss-reactive ketones (excluding diaryl/α,β-unsaturated/α-hetero) is 5. The molecule has 0 saturated heterocycles. The molecule has 12 nitrogen and oxygen atoms in total. The van der Waals surface area contributed by atoms with E-state index in [1.54, 1.807) is 119 Å². The number of para-hydroxylation sites is 2. The summed E-state index contributed by atoms with van der Waals surface area (Å²) in [5.41, 5.74) is 3.58. The van der Waals surface area contributed by atoms with E-state index in [1.807, 2.05) is 84.9 Å². The molecule has 0 unspecified atom stereocenters. The number of benzene rings is 6. The molecule has 0 spiro atoms. The SMILES string of the molecule is CC(=O)c1ccc2cc(C(C)=O)ccc2c1.CCCCCCCCCCCCOc1ccc(C(C)=O)cc1.CCCCOc1ccc(C(C)=O)cc1.COC1CCC(OC)CC1.COc1ccc(C(C)=O)cc1.COc1ccccc1OC. The Labute approximate surface area is 496 Å². The monoisotopic (exact) mass is 1140 g/mol. The van der Waals surface area contributed by atoms with E-state index in [0.29, 0.717) is 28.9 Å². The van der Waals surface area contributed by atoms with E-state index in [0.717, 1.165) is 109 Å². The van der Waals surface area contributed by atoms with Crippen LogP contribution in [0.5, 0.6) is 28.7 Å². The fourth-order valence-corrected chi connectivity index (χ4v) is 8.49. The van der Waals surface area contributed by atoms with E-state index in [1.165, 1.54) is 57.8 Å². The summed E-state index contributed by atoms with van der Waals surface area (Å²) in [4.78, 5) is 55.4. The van der Waals surface area contributed by atoms with Crippen LogP contribution in [-0.2, 0) is 9.47 Å². The normalized spacial score (nSPS) is 12.9. The minimum Gasteiger partial charge on any atom is -0.497 e. The molecule has 1 aliphatic carbocycles. The molecule has 0 bridgehead atoms. The first-order valence-corrected chi connectivity index (χ1v) is 29.4. The predicted molar refractivity (Wildman–Crippen MR) is 337 cm³/mol. The van der Waals surface area contributed by atoms with Crippen LogP contribution in [0.4, 0.5) is 0 Å². The maximum Gasteiger partial charge on any atom is 0.160 e. The minimum absolute atomic E-state index is 0.0533. The van der Waals surface area contributed by atoms with Gasteiger partial charge in [-0.1, -0.05) is 114 Å². The highest BCUT2D eigenvalue weighted by Gasteiger charge is 2.19. The van der Waals surface area contributed by atoms with Crippen LogP contribution < -0.4 is 23.7 Å². The van der Waals surface area contributed by atoms with Crippen LogP contribution in [0.1, 0.15) is 203 Å². The fraction of sp³-hybridized carbons (Fsp3) is 0.451. The molecule has 0 atom stereocenters. The second kappa shape index (κ2) is 43.5. The lowest BCUT2D eigenvalue weighted by atomic mass is 9.95. The number of carbonyl (C=O) groups is 5. The van der Waals surface area contributed by atoms with Gasteiger partial charge in [-0.3, -0.25) is 24.0 Å². The Morgan fingerprint density at radius 2 is 0.651 bits per heavy atom. The van der Waals surface area contributed by atoms with Gasteiger partial charge in [-0.2, -0.15) is 0 Å². The van der Waals surface area contributed by atoms with Gasteiger partial charge in [0.15, 0.2) is 40.4 Å². The van der Waals surface area contributed by atoms with Gasteiger partial charge in [-0.25, -0.2) is 0 Å². The molecule has 1 saturated carbocycles. The predicted octanol–water partition coefficient (Wildman–Crippen LogP) is 17.7. The average Bonchev–Trinajstić information content (AvgIpc) is 3.52. The van der Waals surface area contributed by atoms with Crippen molar-refractivity contribution in [3.8, 4) is 28.7 Å². The second-order valence-corrected chi connectivity index (χ2v) is 20.3. The number of ether oxygens (including phenoxy) is 7. The first-order valence-electron chi connectivity index (χ1n) is 29.4. The van der Waals surface area contributed by atoms with Crippen molar-refractivity contribution in [3.05, 3.63) is 161 Å². The van der Waals surface area contributed by atoms with Gasteiger partial charge < -0.3 is 33.2 Å². The molecule has 0 aromatic heterocycles. The summed E-state index contributed by atoms with van der Waals surface area (Å²) < 4.78 is 36.6. The van der Waals surface area contributed by atoms with Crippen LogP contribution in [0.3, 0.4) is 0 Å².